The number of rotatable bonds is 9. The summed E-state index contributed by atoms with van der Waals surface area (Å²) >= 11 is 2.50. The SMILES string of the molecule is Cc1ccc(C(=O)OC[C@H]2SC(SCO)[C@@H](OC(=O)c3ccc(C)cc3)[C@H]2OC(=O)c2ccc(C)cc2)cc1. The molecule has 3 aromatic rings. The molecule has 0 aliphatic carbocycles. The molecule has 204 valence electrons. The number of ether oxygens (including phenoxy) is 3. The molecule has 0 amide bonds. The number of aliphatic hydroxyl groups excluding tert-OH is 1. The van der Waals surface area contributed by atoms with Crippen molar-refractivity contribution in [1.29, 1.82) is 0 Å². The Morgan fingerprint density at radius 1 is 0.692 bits per heavy atom. The highest BCUT2D eigenvalue weighted by Gasteiger charge is 2.50. The molecule has 1 aliphatic heterocycles. The van der Waals surface area contributed by atoms with Gasteiger partial charge in [-0.2, -0.15) is 0 Å². The first-order valence-corrected chi connectivity index (χ1v) is 14.4. The van der Waals surface area contributed by atoms with Crippen molar-refractivity contribution in [3.63, 3.8) is 0 Å². The highest BCUT2D eigenvalue weighted by molar-refractivity contribution is 8.17. The van der Waals surface area contributed by atoms with Crippen molar-refractivity contribution in [1.82, 2.24) is 0 Å². The Hall–Kier alpha value is -3.27. The quantitative estimate of drug-likeness (QED) is 0.209. The number of hydrogen-bond acceptors (Lipinski definition) is 9. The molecule has 4 rings (SSSR count). The van der Waals surface area contributed by atoms with E-state index >= 15 is 0 Å². The molecule has 4 atom stereocenters. The van der Waals surface area contributed by atoms with Gasteiger partial charge in [-0.05, 0) is 57.2 Å². The third-order valence-electron chi connectivity index (χ3n) is 6.23. The molecule has 0 spiro atoms. The molecule has 0 bridgehead atoms. The lowest BCUT2D eigenvalue weighted by Gasteiger charge is -2.25. The van der Waals surface area contributed by atoms with Gasteiger partial charge in [0.1, 0.15) is 6.61 Å². The minimum absolute atomic E-state index is 0.0791. The second-order valence-electron chi connectivity index (χ2n) is 9.28. The van der Waals surface area contributed by atoms with Gasteiger partial charge in [0.2, 0.25) is 0 Å². The smallest absolute Gasteiger partial charge is 0.338 e. The lowest BCUT2D eigenvalue weighted by atomic mass is 10.1. The Morgan fingerprint density at radius 3 is 1.54 bits per heavy atom. The fourth-order valence-corrected chi connectivity index (χ4v) is 6.69. The third-order valence-corrected chi connectivity index (χ3v) is 9.01. The molecule has 0 saturated carbocycles. The van der Waals surface area contributed by atoms with Crippen molar-refractivity contribution in [2.75, 3.05) is 12.5 Å². The summed E-state index contributed by atoms with van der Waals surface area (Å²) in [4.78, 5) is 38.9. The maximum Gasteiger partial charge on any atom is 0.338 e. The topological polar surface area (TPSA) is 99.1 Å². The molecule has 39 heavy (non-hydrogen) atoms. The van der Waals surface area contributed by atoms with Crippen molar-refractivity contribution in [2.24, 2.45) is 0 Å². The summed E-state index contributed by atoms with van der Waals surface area (Å²) in [5, 5.41) is 9.16. The number of aryl methyl sites for hydroxylation is 3. The monoisotopic (exact) mass is 566 g/mol. The second kappa shape index (κ2) is 13.2. The van der Waals surface area contributed by atoms with Gasteiger partial charge in [0.15, 0.2) is 12.2 Å². The van der Waals surface area contributed by atoms with Crippen LogP contribution in [0.2, 0.25) is 0 Å². The van der Waals surface area contributed by atoms with Crippen LogP contribution < -0.4 is 0 Å². The van der Waals surface area contributed by atoms with Crippen LogP contribution in [0, 0.1) is 20.8 Å². The van der Waals surface area contributed by atoms with Crippen molar-refractivity contribution >= 4 is 41.4 Å². The average Bonchev–Trinajstić information content (AvgIpc) is 3.23. The van der Waals surface area contributed by atoms with E-state index in [0.29, 0.717) is 16.7 Å². The molecule has 1 fully saturated rings. The lowest BCUT2D eigenvalue weighted by Crippen LogP contribution is -2.41. The first-order valence-electron chi connectivity index (χ1n) is 12.4. The maximum atomic E-state index is 13.1. The van der Waals surface area contributed by atoms with Crippen molar-refractivity contribution in [3.05, 3.63) is 106 Å². The molecule has 1 saturated heterocycles. The van der Waals surface area contributed by atoms with Crippen LogP contribution in [0.25, 0.3) is 0 Å². The molecular formula is C30H30O7S2. The molecule has 0 radical (unpaired) electrons. The molecule has 1 heterocycles. The fraction of sp³-hybridized carbons (Fsp3) is 0.300. The maximum absolute atomic E-state index is 13.1. The van der Waals surface area contributed by atoms with E-state index in [4.69, 9.17) is 14.2 Å². The summed E-state index contributed by atoms with van der Waals surface area (Å²) in [6, 6.07) is 20.9. The van der Waals surface area contributed by atoms with Crippen LogP contribution in [-0.2, 0) is 14.2 Å². The Bertz CT molecular complexity index is 1290. The first-order chi connectivity index (χ1) is 18.7. The Morgan fingerprint density at radius 2 is 1.10 bits per heavy atom. The highest BCUT2D eigenvalue weighted by atomic mass is 32.2. The van der Waals surface area contributed by atoms with Crippen molar-refractivity contribution in [2.45, 2.75) is 42.8 Å². The van der Waals surface area contributed by atoms with Crippen LogP contribution in [-0.4, -0.2) is 57.6 Å². The summed E-state index contributed by atoms with van der Waals surface area (Å²) in [7, 11) is 0. The van der Waals surface area contributed by atoms with Gasteiger partial charge in [-0.25, -0.2) is 14.4 Å². The Balaban J connectivity index is 1.57. The molecule has 7 nitrogen and oxygen atoms in total. The van der Waals surface area contributed by atoms with Crippen LogP contribution in [0.3, 0.4) is 0 Å². The zero-order valence-corrected chi connectivity index (χ0v) is 23.5. The summed E-state index contributed by atoms with van der Waals surface area (Å²) in [5.74, 6) is -1.89. The van der Waals surface area contributed by atoms with E-state index < -0.39 is 39.9 Å². The van der Waals surface area contributed by atoms with Crippen molar-refractivity contribution in [3.8, 4) is 0 Å². The molecule has 9 heteroatoms. The van der Waals surface area contributed by atoms with Gasteiger partial charge in [-0.3, -0.25) is 0 Å². The molecule has 0 aromatic heterocycles. The van der Waals surface area contributed by atoms with Crippen LogP contribution >= 0.6 is 23.5 Å². The van der Waals surface area contributed by atoms with Crippen molar-refractivity contribution < 1.29 is 33.7 Å². The van der Waals surface area contributed by atoms with Crippen LogP contribution in [0.1, 0.15) is 47.8 Å². The third kappa shape index (κ3) is 7.44. The molecule has 1 unspecified atom stereocenters. The average molecular weight is 567 g/mol. The number of thioether (sulfide) groups is 2. The van der Waals surface area contributed by atoms with E-state index in [0.717, 1.165) is 28.5 Å². The van der Waals surface area contributed by atoms with E-state index in [1.165, 1.54) is 11.8 Å². The van der Waals surface area contributed by atoms with E-state index in [9.17, 15) is 19.5 Å². The highest BCUT2D eigenvalue weighted by Crippen LogP contribution is 2.44. The van der Waals surface area contributed by atoms with Crippen LogP contribution in [0.4, 0.5) is 0 Å². The summed E-state index contributed by atoms with van der Waals surface area (Å²) in [6.45, 7) is 5.68. The minimum atomic E-state index is -0.923. The predicted octanol–water partition coefficient (Wildman–Crippen LogP) is 5.34. The number of carbonyl (C=O) groups excluding carboxylic acids is 3. The van der Waals surface area contributed by atoms with E-state index in [1.807, 2.05) is 45.0 Å². The second-order valence-corrected chi connectivity index (χ2v) is 12.1. The summed E-state index contributed by atoms with van der Waals surface area (Å²) in [6.07, 6.45) is -1.81. The van der Waals surface area contributed by atoms with E-state index in [2.05, 4.69) is 0 Å². The number of aliphatic hydroxyl groups is 1. The minimum Gasteiger partial charge on any atom is -0.461 e. The van der Waals surface area contributed by atoms with Crippen LogP contribution in [0.5, 0.6) is 0 Å². The fourth-order valence-electron chi connectivity index (χ4n) is 3.99. The molecule has 3 aromatic carbocycles. The van der Waals surface area contributed by atoms with Gasteiger partial charge in [0.25, 0.3) is 0 Å². The van der Waals surface area contributed by atoms with Crippen LogP contribution in [0.15, 0.2) is 72.8 Å². The van der Waals surface area contributed by atoms with Gasteiger partial charge in [-0.1, -0.05) is 53.1 Å². The summed E-state index contributed by atoms with van der Waals surface area (Å²) in [5.41, 5.74) is 4.12. The molecule has 1 aliphatic rings. The van der Waals surface area contributed by atoms with Gasteiger partial charge in [0, 0.05) is 0 Å². The Labute approximate surface area is 236 Å². The van der Waals surface area contributed by atoms with E-state index in [1.54, 1.807) is 48.5 Å². The standard InChI is InChI=1S/C30H30O7S2/c1-18-4-10-21(11-5-18)27(32)35-16-24-25(36-28(33)22-12-6-19(2)7-13-22)26(30(39-24)38-17-31)37-29(34)23-14-8-20(3)9-15-23/h4-15,24-26,30-31H,16-17H2,1-3H3/t24-,25+,26+,30?/m1/s1. The number of hydrogen-bond donors (Lipinski definition) is 1. The largest absolute Gasteiger partial charge is 0.461 e. The zero-order chi connectivity index (χ0) is 27.9. The number of esters is 3. The molecule has 1 N–H and O–H groups in total. The van der Waals surface area contributed by atoms with Gasteiger partial charge in [-0.15, -0.1) is 23.5 Å². The zero-order valence-electron chi connectivity index (χ0n) is 21.9. The number of carbonyl (C=O) groups is 3. The lowest BCUT2D eigenvalue weighted by molar-refractivity contribution is -0.0314. The summed E-state index contributed by atoms with van der Waals surface area (Å²) < 4.78 is 17.0. The number of benzene rings is 3. The van der Waals surface area contributed by atoms with E-state index in [-0.39, 0.29) is 12.5 Å². The normalized spacial score (nSPS) is 20.3. The van der Waals surface area contributed by atoms with Gasteiger partial charge >= 0.3 is 17.9 Å². The van der Waals surface area contributed by atoms with Gasteiger partial charge in [0.05, 0.1) is 32.5 Å². The Kier molecular flexibility index (Phi) is 9.72. The predicted molar refractivity (Wildman–Crippen MR) is 152 cm³/mol. The first kappa shape index (κ1) is 28.7. The molecular weight excluding hydrogens is 536 g/mol. The van der Waals surface area contributed by atoms with Gasteiger partial charge < -0.3 is 19.3 Å².